The Balaban J connectivity index is 1.93. The third-order valence-corrected chi connectivity index (χ3v) is 3.80. The predicted octanol–water partition coefficient (Wildman–Crippen LogP) is 3.58. The summed E-state index contributed by atoms with van der Waals surface area (Å²) in [6.07, 6.45) is 0. The van der Waals surface area contributed by atoms with Crippen LogP contribution in [-0.2, 0) is 0 Å². The van der Waals surface area contributed by atoms with Gasteiger partial charge in [0.05, 0.1) is 18.8 Å². The van der Waals surface area contributed by atoms with Crippen LogP contribution in [0.1, 0.15) is 24.2 Å². The zero-order valence-corrected chi connectivity index (χ0v) is 14.7. The molecule has 0 bridgehead atoms. The van der Waals surface area contributed by atoms with Crippen LogP contribution in [0, 0.1) is 0 Å². The third kappa shape index (κ3) is 3.69. The molecular formula is C20H20N2O4. The number of pyridine rings is 1. The van der Waals surface area contributed by atoms with Gasteiger partial charge in [0.25, 0.3) is 5.91 Å². The van der Waals surface area contributed by atoms with E-state index >= 15 is 0 Å². The van der Waals surface area contributed by atoms with Gasteiger partial charge in [-0.3, -0.25) is 9.59 Å². The molecule has 3 rings (SSSR count). The normalized spacial score (nSPS) is 10.5. The van der Waals surface area contributed by atoms with Gasteiger partial charge in [0, 0.05) is 28.7 Å². The molecule has 1 amide bonds. The molecule has 26 heavy (non-hydrogen) atoms. The molecule has 0 unspecified atom stereocenters. The zero-order valence-electron chi connectivity index (χ0n) is 14.7. The fourth-order valence-corrected chi connectivity index (χ4v) is 2.72. The molecule has 0 atom stereocenters. The van der Waals surface area contributed by atoms with Crippen molar-refractivity contribution in [2.45, 2.75) is 13.8 Å². The molecule has 0 aliphatic rings. The Labute approximate surface area is 150 Å². The number of carbonyl (C=O) groups is 1. The number of fused-ring (bicyclic) bond motifs is 1. The maximum atomic E-state index is 12.7. The van der Waals surface area contributed by atoms with Gasteiger partial charge in [-0.15, -0.1) is 0 Å². The van der Waals surface area contributed by atoms with E-state index in [1.165, 1.54) is 6.07 Å². The molecule has 2 N–H and O–H groups in total. The Hall–Kier alpha value is -3.28. The van der Waals surface area contributed by atoms with E-state index in [2.05, 4.69) is 10.3 Å². The van der Waals surface area contributed by atoms with E-state index in [-0.39, 0.29) is 11.5 Å². The van der Waals surface area contributed by atoms with E-state index in [1.807, 2.05) is 19.9 Å². The number of H-pyrrole nitrogens is 1. The van der Waals surface area contributed by atoms with Crippen molar-refractivity contribution in [1.29, 1.82) is 0 Å². The van der Waals surface area contributed by atoms with E-state index < -0.39 is 0 Å². The number of amides is 1. The van der Waals surface area contributed by atoms with Gasteiger partial charge in [0.1, 0.15) is 0 Å². The molecule has 3 aromatic rings. The molecule has 2 aromatic carbocycles. The van der Waals surface area contributed by atoms with Crippen LogP contribution in [0.5, 0.6) is 11.5 Å². The summed E-state index contributed by atoms with van der Waals surface area (Å²) in [6.45, 7) is 4.77. The quantitative estimate of drug-likeness (QED) is 0.711. The van der Waals surface area contributed by atoms with E-state index in [9.17, 15) is 9.59 Å². The minimum absolute atomic E-state index is 0.316. The summed E-state index contributed by atoms with van der Waals surface area (Å²) in [5.74, 6) is 0.816. The monoisotopic (exact) mass is 352 g/mol. The smallest absolute Gasteiger partial charge is 0.256 e. The van der Waals surface area contributed by atoms with Gasteiger partial charge in [-0.05, 0) is 32.0 Å². The van der Waals surface area contributed by atoms with Crippen LogP contribution in [-0.4, -0.2) is 24.1 Å². The number of benzene rings is 2. The van der Waals surface area contributed by atoms with Crippen LogP contribution in [0.2, 0.25) is 0 Å². The van der Waals surface area contributed by atoms with Crippen LogP contribution in [0.25, 0.3) is 10.9 Å². The second kappa shape index (κ2) is 7.74. The molecule has 0 radical (unpaired) electrons. The van der Waals surface area contributed by atoms with Crippen LogP contribution in [0.3, 0.4) is 0 Å². The van der Waals surface area contributed by atoms with Gasteiger partial charge in [-0.1, -0.05) is 18.2 Å². The van der Waals surface area contributed by atoms with Gasteiger partial charge in [0.15, 0.2) is 11.5 Å². The van der Waals surface area contributed by atoms with Crippen LogP contribution >= 0.6 is 0 Å². The molecule has 0 aliphatic carbocycles. The lowest BCUT2D eigenvalue weighted by Crippen LogP contribution is -2.17. The lowest BCUT2D eigenvalue weighted by Gasteiger charge is -2.13. The number of para-hydroxylation sites is 1. The summed E-state index contributed by atoms with van der Waals surface area (Å²) in [5, 5.41) is 3.50. The highest BCUT2D eigenvalue weighted by atomic mass is 16.5. The number of anilines is 1. The standard InChI is InChI=1S/C20H20N2O4/c1-3-25-17-10-9-13(11-18(17)26-4-2)21-20(24)15-12-19(23)22-16-8-6-5-7-14(15)16/h5-12H,3-4H2,1-2H3,(H,21,24)(H,22,23). The molecule has 0 saturated heterocycles. The van der Waals surface area contributed by atoms with Crippen molar-refractivity contribution < 1.29 is 14.3 Å². The highest BCUT2D eigenvalue weighted by Gasteiger charge is 2.13. The third-order valence-electron chi connectivity index (χ3n) is 3.80. The lowest BCUT2D eigenvalue weighted by atomic mass is 10.1. The summed E-state index contributed by atoms with van der Waals surface area (Å²) < 4.78 is 11.1. The van der Waals surface area contributed by atoms with Gasteiger partial charge < -0.3 is 19.8 Å². The average Bonchev–Trinajstić information content (AvgIpc) is 2.63. The van der Waals surface area contributed by atoms with E-state index in [1.54, 1.807) is 36.4 Å². The van der Waals surface area contributed by atoms with Crippen molar-refractivity contribution in [2.75, 3.05) is 18.5 Å². The van der Waals surface area contributed by atoms with Crippen LogP contribution < -0.4 is 20.3 Å². The highest BCUT2D eigenvalue weighted by Crippen LogP contribution is 2.31. The lowest BCUT2D eigenvalue weighted by molar-refractivity contribution is 0.102. The molecule has 0 aliphatic heterocycles. The van der Waals surface area contributed by atoms with Crippen molar-refractivity contribution in [3.63, 3.8) is 0 Å². The summed E-state index contributed by atoms with van der Waals surface area (Å²) in [5.41, 5.74) is 1.17. The fraction of sp³-hybridized carbons (Fsp3) is 0.200. The fourth-order valence-electron chi connectivity index (χ4n) is 2.72. The summed E-state index contributed by atoms with van der Waals surface area (Å²) in [6, 6.07) is 13.7. The number of nitrogens with one attached hydrogen (secondary N) is 2. The minimum atomic E-state index is -0.362. The first kappa shape index (κ1) is 17.5. The molecule has 0 saturated carbocycles. The molecule has 0 spiro atoms. The van der Waals surface area contributed by atoms with Crippen molar-refractivity contribution >= 4 is 22.5 Å². The number of aromatic amines is 1. The van der Waals surface area contributed by atoms with E-state index in [4.69, 9.17) is 9.47 Å². The summed E-state index contributed by atoms with van der Waals surface area (Å²) >= 11 is 0. The molecule has 1 aromatic heterocycles. The molecule has 1 heterocycles. The number of aromatic nitrogens is 1. The summed E-state index contributed by atoms with van der Waals surface area (Å²) in [4.78, 5) is 27.3. The van der Waals surface area contributed by atoms with Crippen molar-refractivity contribution in [2.24, 2.45) is 0 Å². The molecule has 0 fully saturated rings. The SMILES string of the molecule is CCOc1ccc(NC(=O)c2cc(=O)[nH]c3ccccc23)cc1OCC. The zero-order chi connectivity index (χ0) is 18.5. The first-order valence-electron chi connectivity index (χ1n) is 8.45. The van der Waals surface area contributed by atoms with Gasteiger partial charge in [0.2, 0.25) is 5.56 Å². The van der Waals surface area contributed by atoms with Crippen LogP contribution in [0.15, 0.2) is 53.3 Å². The Bertz CT molecular complexity index is 995. The first-order valence-corrected chi connectivity index (χ1v) is 8.45. The Morgan fingerprint density at radius 2 is 1.73 bits per heavy atom. The van der Waals surface area contributed by atoms with E-state index in [0.717, 1.165) is 0 Å². The van der Waals surface area contributed by atoms with Crippen LogP contribution in [0.4, 0.5) is 5.69 Å². The molecule has 6 heteroatoms. The Morgan fingerprint density at radius 3 is 2.50 bits per heavy atom. The Morgan fingerprint density at radius 1 is 1.00 bits per heavy atom. The summed E-state index contributed by atoms with van der Waals surface area (Å²) in [7, 11) is 0. The maximum Gasteiger partial charge on any atom is 0.256 e. The maximum absolute atomic E-state index is 12.7. The number of hydrogen-bond donors (Lipinski definition) is 2. The van der Waals surface area contributed by atoms with Gasteiger partial charge >= 0.3 is 0 Å². The van der Waals surface area contributed by atoms with Crippen molar-refractivity contribution in [3.8, 4) is 11.5 Å². The highest BCUT2D eigenvalue weighted by molar-refractivity contribution is 6.12. The topological polar surface area (TPSA) is 80.4 Å². The largest absolute Gasteiger partial charge is 0.490 e. The Kier molecular flexibility index (Phi) is 5.22. The molecular weight excluding hydrogens is 332 g/mol. The first-order chi connectivity index (χ1) is 12.6. The molecule has 6 nitrogen and oxygen atoms in total. The number of hydrogen-bond acceptors (Lipinski definition) is 4. The number of ether oxygens (including phenoxy) is 2. The van der Waals surface area contributed by atoms with Gasteiger partial charge in [-0.2, -0.15) is 0 Å². The second-order valence-electron chi connectivity index (χ2n) is 5.57. The minimum Gasteiger partial charge on any atom is -0.490 e. The molecule has 134 valence electrons. The number of carbonyl (C=O) groups excluding carboxylic acids is 1. The predicted molar refractivity (Wildman–Crippen MR) is 101 cm³/mol. The van der Waals surface area contributed by atoms with Crippen molar-refractivity contribution in [1.82, 2.24) is 4.98 Å². The van der Waals surface area contributed by atoms with Gasteiger partial charge in [-0.25, -0.2) is 0 Å². The number of rotatable bonds is 6. The van der Waals surface area contributed by atoms with E-state index in [0.29, 0.717) is 46.9 Å². The second-order valence-corrected chi connectivity index (χ2v) is 5.57. The average molecular weight is 352 g/mol. The van der Waals surface area contributed by atoms with Crippen molar-refractivity contribution in [3.05, 3.63) is 64.4 Å².